The number of rotatable bonds is 4. The molecule has 1 aliphatic rings. The van der Waals surface area contributed by atoms with Crippen LogP contribution in [-0.2, 0) is 0 Å². The third-order valence-electron chi connectivity index (χ3n) is 2.81. The molecule has 0 aromatic rings. The van der Waals surface area contributed by atoms with Crippen molar-refractivity contribution in [3.8, 4) is 0 Å². The molecule has 1 atom stereocenters. The first-order valence-corrected chi connectivity index (χ1v) is 4.07. The molecular formula is C8H16O3. The molecule has 0 aromatic carbocycles. The van der Waals surface area contributed by atoms with Crippen molar-refractivity contribution in [1.29, 1.82) is 0 Å². The first-order valence-electron chi connectivity index (χ1n) is 4.07. The van der Waals surface area contributed by atoms with Gasteiger partial charge in [0.15, 0.2) is 0 Å². The summed E-state index contributed by atoms with van der Waals surface area (Å²) in [5.74, 6) is 0.317. The van der Waals surface area contributed by atoms with Gasteiger partial charge in [-0.05, 0) is 25.7 Å². The standard InChI is InChI=1S/C8H16O3/c1-6(11)8(4-9,5-10)7-2-3-7/h6-7,9-11H,2-5H2,1H3. The molecule has 66 valence electrons. The van der Waals surface area contributed by atoms with Gasteiger partial charge in [0.05, 0.1) is 19.3 Å². The first-order chi connectivity index (χ1) is 5.17. The predicted molar refractivity (Wildman–Crippen MR) is 41.0 cm³/mol. The maximum absolute atomic E-state index is 9.35. The molecule has 3 heteroatoms. The lowest BCUT2D eigenvalue weighted by molar-refractivity contribution is -0.0590. The van der Waals surface area contributed by atoms with Crippen LogP contribution >= 0.6 is 0 Å². The normalized spacial score (nSPS) is 21.8. The largest absolute Gasteiger partial charge is 0.396 e. The highest BCUT2D eigenvalue weighted by Gasteiger charge is 2.47. The third-order valence-corrected chi connectivity index (χ3v) is 2.81. The van der Waals surface area contributed by atoms with Crippen molar-refractivity contribution in [1.82, 2.24) is 0 Å². The van der Waals surface area contributed by atoms with E-state index in [2.05, 4.69) is 0 Å². The molecule has 1 aliphatic carbocycles. The number of aliphatic hydroxyl groups is 3. The zero-order valence-electron chi connectivity index (χ0n) is 6.82. The summed E-state index contributed by atoms with van der Waals surface area (Å²) in [5.41, 5.74) is -0.639. The zero-order chi connectivity index (χ0) is 8.48. The average Bonchev–Trinajstić information content (AvgIpc) is 2.74. The van der Waals surface area contributed by atoms with E-state index >= 15 is 0 Å². The molecule has 1 fully saturated rings. The molecule has 1 unspecified atom stereocenters. The van der Waals surface area contributed by atoms with Crippen LogP contribution in [0.2, 0.25) is 0 Å². The fraction of sp³-hybridized carbons (Fsp3) is 1.00. The summed E-state index contributed by atoms with van der Waals surface area (Å²) < 4.78 is 0. The molecule has 0 saturated heterocycles. The van der Waals surface area contributed by atoms with Crippen molar-refractivity contribution in [2.75, 3.05) is 13.2 Å². The predicted octanol–water partition coefficient (Wildman–Crippen LogP) is -0.252. The van der Waals surface area contributed by atoms with Gasteiger partial charge in [-0.2, -0.15) is 0 Å². The molecule has 3 nitrogen and oxygen atoms in total. The summed E-state index contributed by atoms with van der Waals surface area (Å²) in [6.07, 6.45) is 1.42. The van der Waals surface area contributed by atoms with E-state index in [1.165, 1.54) is 0 Å². The number of hydrogen-bond acceptors (Lipinski definition) is 3. The minimum Gasteiger partial charge on any atom is -0.396 e. The van der Waals surface area contributed by atoms with E-state index in [1.807, 2.05) is 0 Å². The van der Waals surface area contributed by atoms with Crippen LogP contribution in [0.1, 0.15) is 19.8 Å². The minimum absolute atomic E-state index is 0.119. The fourth-order valence-electron chi connectivity index (χ4n) is 1.57. The van der Waals surface area contributed by atoms with Gasteiger partial charge in [0.1, 0.15) is 0 Å². The van der Waals surface area contributed by atoms with E-state index in [0.717, 1.165) is 12.8 Å². The topological polar surface area (TPSA) is 60.7 Å². The van der Waals surface area contributed by atoms with Crippen LogP contribution in [0.5, 0.6) is 0 Å². The third kappa shape index (κ3) is 1.41. The van der Waals surface area contributed by atoms with E-state index in [4.69, 9.17) is 10.2 Å². The highest BCUT2D eigenvalue weighted by atomic mass is 16.3. The van der Waals surface area contributed by atoms with Crippen LogP contribution in [0.25, 0.3) is 0 Å². The van der Waals surface area contributed by atoms with Crippen molar-refractivity contribution in [2.45, 2.75) is 25.9 Å². The molecule has 3 N–H and O–H groups in total. The Balaban J connectivity index is 2.65. The van der Waals surface area contributed by atoms with E-state index in [0.29, 0.717) is 5.92 Å². The van der Waals surface area contributed by atoms with E-state index in [-0.39, 0.29) is 13.2 Å². The molecule has 1 rings (SSSR count). The van der Waals surface area contributed by atoms with Gasteiger partial charge in [0, 0.05) is 5.41 Å². The summed E-state index contributed by atoms with van der Waals surface area (Å²) in [7, 11) is 0. The van der Waals surface area contributed by atoms with Crippen molar-refractivity contribution in [3.05, 3.63) is 0 Å². The van der Waals surface area contributed by atoms with E-state index < -0.39 is 11.5 Å². The SMILES string of the molecule is CC(O)C(CO)(CO)C1CC1. The number of hydrogen-bond donors (Lipinski definition) is 3. The maximum atomic E-state index is 9.35. The van der Waals surface area contributed by atoms with Gasteiger partial charge in [-0.1, -0.05) is 0 Å². The van der Waals surface area contributed by atoms with Crippen LogP contribution in [0.3, 0.4) is 0 Å². The Hall–Kier alpha value is -0.120. The molecule has 0 spiro atoms. The van der Waals surface area contributed by atoms with Gasteiger partial charge in [0.25, 0.3) is 0 Å². The highest BCUT2D eigenvalue weighted by molar-refractivity contribution is 4.96. The van der Waals surface area contributed by atoms with Crippen LogP contribution < -0.4 is 0 Å². The first kappa shape index (κ1) is 8.97. The molecule has 0 radical (unpaired) electrons. The smallest absolute Gasteiger partial charge is 0.0615 e. The van der Waals surface area contributed by atoms with Crippen molar-refractivity contribution in [2.24, 2.45) is 11.3 Å². The second-order valence-electron chi connectivity index (χ2n) is 3.50. The van der Waals surface area contributed by atoms with Gasteiger partial charge in [-0.15, -0.1) is 0 Å². The summed E-state index contributed by atoms with van der Waals surface area (Å²) >= 11 is 0. The second-order valence-corrected chi connectivity index (χ2v) is 3.50. The zero-order valence-corrected chi connectivity index (χ0v) is 6.82. The Morgan fingerprint density at radius 2 is 1.82 bits per heavy atom. The van der Waals surface area contributed by atoms with E-state index in [1.54, 1.807) is 6.92 Å². The van der Waals surface area contributed by atoms with E-state index in [9.17, 15) is 5.11 Å². The quantitative estimate of drug-likeness (QED) is 0.531. The molecule has 11 heavy (non-hydrogen) atoms. The second kappa shape index (κ2) is 3.09. The van der Waals surface area contributed by atoms with Gasteiger partial charge in [0.2, 0.25) is 0 Å². The van der Waals surface area contributed by atoms with Crippen molar-refractivity contribution in [3.63, 3.8) is 0 Å². The lowest BCUT2D eigenvalue weighted by atomic mass is 9.79. The summed E-state index contributed by atoms with van der Waals surface area (Å²) in [5, 5.41) is 27.4. The fourth-order valence-corrected chi connectivity index (χ4v) is 1.57. The molecule has 1 saturated carbocycles. The Bertz CT molecular complexity index is 121. The monoisotopic (exact) mass is 160 g/mol. The van der Waals surface area contributed by atoms with Gasteiger partial charge in [-0.25, -0.2) is 0 Å². The Kier molecular flexibility index (Phi) is 2.52. The lowest BCUT2D eigenvalue weighted by Gasteiger charge is -2.32. The molecular weight excluding hydrogens is 144 g/mol. The average molecular weight is 160 g/mol. The Labute approximate surface area is 66.7 Å². The molecule has 0 aliphatic heterocycles. The van der Waals surface area contributed by atoms with Crippen LogP contribution in [0, 0.1) is 11.3 Å². The van der Waals surface area contributed by atoms with Crippen molar-refractivity contribution >= 4 is 0 Å². The Morgan fingerprint density at radius 1 is 1.36 bits per heavy atom. The number of aliphatic hydroxyl groups excluding tert-OH is 3. The molecule has 0 amide bonds. The van der Waals surface area contributed by atoms with Crippen LogP contribution in [0.15, 0.2) is 0 Å². The van der Waals surface area contributed by atoms with Crippen LogP contribution in [0.4, 0.5) is 0 Å². The summed E-state index contributed by atoms with van der Waals surface area (Å²) in [6, 6.07) is 0. The molecule has 0 bridgehead atoms. The minimum atomic E-state index is -0.639. The van der Waals surface area contributed by atoms with Crippen molar-refractivity contribution < 1.29 is 15.3 Å². The lowest BCUT2D eigenvalue weighted by Crippen LogP contribution is -2.42. The molecule has 0 heterocycles. The highest BCUT2D eigenvalue weighted by Crippen LogP contribution is 2.47. The van der Waals surface area contributed by atoms with Gasteiger partial charge in [-0.3, -0.25) is 0 Å². The van der Waals surface area contributed by atoms with Gasteiger partial charge >= 0.3 is 0 Å². The van der Waals surface area contributed by atoms with Crippen LogP contribution in [-0.4, -0.2) is 34.6 Å². The molecule has 0 aromatic heterocycles. The summed E-state index contributed by atoms with van der Waals surface area (Å²) in [4.78, 5) is 0. The van der Waals surface area contributed by atoms with Gasteiger partial charge < -0.3 is 15.3 Å². The summed E-state index contributed by atoms with van der Waals surface area (Å²) in [6.45, 7) is 1.39. The maximum Gasteiger partial charge on any atom is 0.0615 e. The Morgan fingerprint density at radius 3 is 1.91 bits per heavy atom.